The van der Waals surface area contributed by atoms with Gasteiger partial charge in [-0.1, -0.05) is 0 Å². The first-order valence-corrected chi connectivity index (χ1v) is 6.78. The van der Waals surface area contributed by atoms with Gasteiger partial charge in [-0.05, 0) is 43.9 Å². The predicted octanol–water partition coefficient (Wildman–Crippen LogP) is 2.96. The van der Waals surface area contributed by atoms with Crippen LogP contribution in [0.15, 0.2) is 0 Å². The van der Waals surface area contributed by atoms with Gasteiger partial charge in [0, 0.05) is 32.1 Å². The molecule has 0 bridgehead atoms. The van der Waals surface area contributed by atoms with E-state index in [4.69, 9.17) is 10.5 Å². The molecule has 2 fully saturated rings. The van der Waals surface area contributed by atoms with Gasteiger partial charge in [-0.2, -0.15) is 0 Å². The minimum Gasteiger partial charge on any atom is -0.381 e. The second-order valence-corrected chi connectivity index (χ2v) is 5.65. The summed E-state index contributed by atoms with van der Waals surface area (Å²) in [5.41, 5.74) is 6.18. The van der Waals surface area contributed by atoms with Gasteiger partial charge < -0.3 is 10.5 Å². The van der Waals surface area contributed by atoms with Gasteiger partial charge in [-0.3, -0.25) is 0 Å². The third kappa shape index (κ3) is 3.88. The normalized spacial score (nSPS) is 29.1. The summed E-state index contributed by atoms with van der Waals surface area (Å²) in [7, 11) is 0. The molecule has 1 unspecified atom stereocenters. The van der Waals surface area contributed by atoms with Crippen LogP contribution in [-0.2, 0) is 4.74 Å². The Kier molecular flexibility index (Phi) is 4.36. The van der Waals surface area contributed by atoms with E-state index in [0.29, 0.717) is 24.7 Å². The topological polar surface area (TPSA) is 35.2 Å². The Morgan fingerprint density at radius 3 is 2.29 bits per heavy atom. The van der Waals surface area contributed by atoms with E-state index in [0.717, 1.165) is 32.5 Å². The van der Waals surface area contributed by atoms with Gasteiger partial charge in [0.25, 0.3) is 0 Å². The highest BCUT2D eigenvalue weighted by Gasteiger charge is 2.37. The summed E-state index contributed by atoms with van der Waals surface area (Å²) in [5.74, 6) is -1.49. The van der Waals surface area contributed by atoms with E-state index >= 15 is 0 Å². The molecule has 2 aliphatic rings. The van der Waals surface area contributed by atoms with Crippen LogP contribution in [0.3, 0.4) is 0 Å². The molecule has 0 aromatic carbocycles. The van der Waals surface area contributed by atoms with Gasteiger partial charge in [0.2, 0.25) is 5.92 Å². The Hall–Kier alpha value is -0.220. The maximum atomic E-state index is 13.0. The third-order valence-corrected chi connectivity index (χ3v) is 4.31. The molecule has 1 aliphatic carbocycles. The molecule has 0 aromatic rings. The summed E-state index contributed by atoms with van der Waals surface area (Å²) in [6.45, 7) is 1.67. The summed E-state index contributed by atoms with van der Waals surface area (Å²) in [6, 6.07) is 0.106. The number of alkyl halides is 2. The van der Waals surface area contributed by atoms with Crippen LogP contribution < -0.4 is 5.73 Å². The number of hydrogen-bond acceptors (Lipinski definition) is 2. The lowest BCUT2D eigenvalue weighted by Gasteiger charge is -2.34. The molecule has 4 heteroatoms. The van der Waals surface area contributed by atoms with Gasteiger partial charge in [0.1, 0.15) is 0 Å². The lowest BCUT2D eigenvalue weighted by molar-refractivity contribution is -0.0494. The third-order valence-electron chi connectivity index (χ3n) is 4.31. The van der Waals surface area contributed by atoms with Crippen molar-refractivity contribution < 1.29 is 13.5 Å². The van der Waals surface area contributed by atoms with Gasteiger partial charge in [-0.15, -0.1) is 0 Å². The Morgan fingerprint density at radius 1 is 1.12 bits per heavy atom. The van der Waals surface area contributed by atoms with Gasteiger partial charge in [0.15, 0.2) is 0 Å². The first-order chi connectivity index (χ1) is 8.07. The van der Waals surface area contributed by atoms with Gasteiger partial charge >= 0.3 is 0 Å². The molecule has 2 nitrogen and oxygen atoms in total. The summed E-state index contributed by atoms with van der Waals surface area (Å²) in [5, 5.41) is 0. The fourth-order valence-electron chi connectivity index (χ4n) is 3.05. The van der Waals surface area contributed by atoms with Crippen molar-refractivity contribution >= 4 is 0 Å². The molecule has 1 heterocycles. The van der Waals surface area contributed by atoms with E-state index < -0.39 is 5.92 Å². The summed E-state index contributed by atoms with van der Waals surface area (Å²) in [4.78, 5) is 0. The average Bonchev–Trinajstić information content (AvgIpc) is 2.30. The minimum atomic E-state index is -2.44. The minimum absolute atomic E-state index is 0.0269. The second-order valence-electron chi connectivity index (χ2n) is 5.65. The van der Waals surface area contributed by atoms with Crippen LogP contribution in [0.4, 0.5) is 8.78 Å². The van der Waals surface area contributed by atoms with Crippen molar-refractivity contribution in [3.05, 3.63) is 0 Å². The molecule has 100 valence electrons. The van der Waals surface area contributed by atoms with E-state index in [1.807, 2.05) is 0 Å². The van der Waals surface area contributed by atoms with Crippen molar-refractivity contribution in [2.45, 2.75) is 56.9 Å². The van der Waals surface area contributed by atoms with Crippen LogP contribution >= 0.6 is 0 Å². The molecular weight excluding hydrogens is 224 g/mol. The van der Waals surface area contributed by atoms with Crippen molar-refractivity contribution in [3.8, 4) is 0 Å². The van der Waals surface area contributed by atoms with Crippen molar-refractivity contribution in [1.29, 1.82) is 0 Å². The van der Waals surface area contributed by atoms with E-state index in [9.17, 15) is 8.78 Å². The summed E-state index contributed by atoms with van der Waals surface area (Å²) in [6.07, 6.45) is 4.39. The Morgan fingerprint density at radius 2 is 1.71 bits per heavy atom. The molecule has 2 rings (SSSR count). The average molecular weight is 247 g/mol. The first kappa shape index (κ1) is 13.2. The highest BCUT2D eigenvalue weighted by atomic mass is 19.3. The Labute approximate surface area is 102 Å². The monoisotopic (exact) mass is 247 g/mol. The van der Waals surface area contributed by atoms with E-state index in [-0.39, 0.29) is 18.9 Å². The molecule has 0 radical (unpaired) electrons. The maximum Gasteiger partial charge on any atom is 0.248 e. The Balaban J connectivity index is 1.74. The first-order valence-electron chi connectivity index (χ1n) is 6.78. The van der Waals surface area contributed by atoms with Crippen molar-refractivity contribution in [1.82, 2.24) is 0 Å². The maximum absolute atomic E-state index is 13.0. The molecule has 1 saturated heterocycles. The SMILES string of the molecule is NC(CC1CCOCC1)C1CCC(F)(F)CC1. The van der Waals surface area contributed by atoms with Crippen LogP contribution in [-0.4, -0.2) is 25.2 Å². The fourth-order valence-corrected chi connectivity index (χ4v) is 3.05. The molecule has 1 saturated carbocycles. The highest BCUT2D eigenvalue weighted by molar-refractivity contribution is 4.84. The zero-order valence-corrected chi connectivity index (χ0v) is 10.3. The lowest BCUT2D eigenvalue weighted by atomic mass is 9.78. The molecule has 0 amide bonds. The summed E-state index contributed by atoms with van der Waals surface area (Å²) < 4.78 is 31.4. The van der Waals surface area contributed by atoms with Crippen molar-refractivity contribution in [2.75, 3.05) is 13.2 Å². The molecule has 1 atom stereocenters. The van der Waals surface area contributed by atoms with E-state index in [1.54, 1.807) is 0 Å². The molecule has 2 N–H and O–H groups in total. The largest absolute Gasteiger partial charge is 0.381 e. The predicted molar refractivity (Wildman–Crippen MR) is 63.0 cm³/mol. The van der Waals surface area contributed by atoms with E-state index in [2.05, 4.69) is 0 Å². The number of hydrogen-bond donors (Lipinski definition) is 1. The zero-order chi connectivity index (χ0) is 12.3. The quantitative estimate of drug-likeness (QED) is 0.832. The lowest BCUT2D eigenvalue weighted by Crippen LogP contribution is -2.38. The molecule has 1 aliphatic heterocycles. The van der Waals surface area contributed by atoms with Crippen LogP contribution in [0.5, 0.6) is 0 Å². The molecular formula is C13H23F2NO. The molecule has 0 aromatic heterocycles. The molecule has 17 heavy (non-hydrogen) atoms. The molecule has 0 spiro atoms. The van der Waals surface area contributed by atoms with Crippen LogP contribution in [0, 0.1) is 11.8 Å². The van der Waals surface area contributed by atoms with Crippen LogP contribution in [0.2, 0.25) is 0 Å². The van der Waals surface area contributed by atoms with Crippen LogP contribution in [0.25, 0.3) is 0 Å². The smallest absolute Gasteiger partial charge is 0.248 e. The zero-order valence-electron chi connectivity index (χ0n) is 10.3. The standard InChI is InChI=1S/C13H23F2NO/c14-13(15)5-1-11(2-6-13)12(16)9-10-3-7-17-8-4-10/h10-12H,1-9,16H2. The number of ether oxygens (including phenoxy) is 1. The fraction of sp³-hybridized carbons (Fsp3) is 1.00. The summed E-state index contributed by atoms with van der Waals surface area (Å²) >= 11 is 0. The number of rotatable bonds is 3. The number of halogens is 2. The van der Waals surface area contributed by atoms with Crippen LogP contribution in [0.1, 0.15) is 44.9 Å². The number of nitrogens with two attached hydrogens (primary N) is 1. The van der Waals surface area contributed by atoms with Gasteiger partial charge in [-0.25, -0.2) is 8.78 Å². The van der Waals surface area contributed by atoms with Crippen molar-refractivity contribution in [2.24, 2.45) is 17.6 Å². The van der Waals surface area contributed by atoms with Crippen molar-refractivity contribution in [3.63, 3.8) is 0 Å². The second kappa shape index (κ2) is 5.61. The van der Waals surface area contributed by atoms with Gasteiger partial charge in [0.05, 0.1) is 0 Å². The highest BCUT2D eigenvalue weighted by Crippen LogP contribution is 2.38. The Bertz CT molecular complexity index is 232. The van der Waals surface area contributed by atoms with E-state index in [1.165, 1.54) is 0 Å².